The van der Waals surface area contributed by atoms with Crippen LogP contribution in [0, 0.1) is 11.7 Å². The van der Waals surface area contributed by atoms with E-state index in [2.05, 4.69) is 15.4 Å². The van der Waals surface area contributed by atoms with Crippen molar-refractivity contribution in [1.82, 2.24) is 14.8 Å². The molecule has 1 aliphatic carbocycles. The van der Waals surface area contributed by atoms with Crippen molar-refractivity contribution in [3.05, 3.63) is 54.3 Å². The monoisotopic (exact) mass is 410 g/mol. The average Bonchev–Trinajstić information content (AvgIpc) is 3.53. The highest BCUT2D eigenvalue weighted by molar-refractivity contribution is 5.94. The first-order valence-corrected chi connectivity index (χ1v) is 9.99. The van der Waals surface area contributed by atoms with Gasteiger partial charge in [0, 0.05) is 18.2 Å². The Kier molecular flexibility index (Phi) is 6.04. The number of aromatic nitrogens is 3. The van der Waals surface area contributed by atoms with Crippen LogP contribution in [0.4, 0.5) is 10.1 Å². The van der Waals surface area contributed by atoms with Gasteiger partial charge in [-0.05, 0) is 56.2 Å². The second kappa shape index (κ2) is 9.04. The Hall–Kier alpha value is -3.26. The number of hydrogen-bond donors (Lipinski definition) is 1. The lowest BCUT2D eigenvalue weighted by Crippen LogP contribution is -2.13. The molecule has 1 N–H and O–H groups in total. The quantitative estimate of drug-likeness (QED) is 0.543. The zero-order chi connectivity index (χ0) is 20.9. The summed E-state index contributed by atoms with van der Waals surface area (Å²) in [5.41, 5.74) is 1.69. The number of halogens is 1. The Bertz CT molecular complexity index is 1020. The molecule has 156 valence electrons. The number of anilines is 1. The number of hydrogen-bond acceptors (Lipinski definition) is 5. The van der Waals surface area contributed by atoms with Crippen LogP contribution in [-0.2, 0) is 9.53 Å². The minimum Gasteiger partial charge on any atom is -0.460 e. The highest BCUT2D eigenvalue weighted by Gasteiger charge is 2.29. The molecule has 3 aromatic rings. The number of ether oxygens (including phenoxy) is 2. The molecule has 1 amide bonds. The molecule has 1 heterocycles. The van der Waals surface area contributed by atoms with Gasteiger partial charge in [-0.25, -0.2) is 9.07 Å². The molecule has 4 rings (SSSR count). The zero-order valence-electron chi connectivity index (χ0n) is 16.7. The van der Waals surface area contributed by atoms with Gasteiger partial charge in [-0.1, -0.05) is 12.1 Å². The maximum Gasteiger partial charge on any atom is 0.336 e. The molecule has 1 fully saturated rings. The lowest BCUT2D eigenvalue weighted by Gasteiger charge is -2.08. The van der Waals surface area contributed by atoms with Crippen molar-refractivity contribution in [3.8, 4) is 23.1 Å². The molecule has 0 spiro atoms. The summed E-state index contributed by atoms with van der Waals surface area (Å²) in [5, 5.41) is 7.30. The highest BCUT2D eigenvalue weighted by atomic mass is 19.1. The van der Waals surface area contributed by atoms with E-state index in [4.69, 9.17) is 9.47 Å². The lowest BCUT2D eigenvalue weighted by molar-refractivity contribution is -0.117. The van der Waals surface area contributed by atoms with Crippen molar-refractivity contribution < 1.29 is 18.7 Å². The second-order valence-corrected chi connectivity index (χ2v) is 6.97. The largest absolute Gasteiger partial charge is 0.460 e. The molecule has 7 nitrogen and oxygen atoms in total. The molecule has 0 radical (unpaired) electrons. The maximum atomic E-state index is 14.4. The van der Waals surface area contributed by atoms with Gasteiger partial charge < -0.3 is 14.8 Å². The van der Waals surface area contributed by atoms with E-state index < -0.39 is 5.82 Å². The third-order valence-electron chi connectivity index (χ3n) is 4.69. The van der Waals surface area contributed by atoms with Gasteiger partial charge in [-0.3, -0.25) is 4.79 Å². The molecular formula is C22H23FN4O3. The predicted molar refractivity (Wildman–Crippen MR) is 110 cm³/mol. The van der Waals surface area contributed by atoms with Gasteiger partial charge in [0.05, 0.1) is 17.9 Å². The molecule has 2 aromatic carbocycles. The van der Waals surface area contributed by atoms with Gasteiger partial charge in [0.15, 0.2) is 5.82 Å². The fraction of sp³-hybridized carbons (Fsp3) is 0.318. The number of amides is 1. The molecule has 1 saturated carbocycles. The van der Waals surface area contributed by atoms with Crippen LogP contribution in [-0.4, -0.2) is 40.5 Å². The molecule has 0 saturated heterocycles. The van der Waals surface area contributed by atoms with Gasteiger partial charge in [-0.15, -0.1) is 5.10 Å². The third-order valence-corrected chi connectivity index (χ3v) is 4.69. The first kappa shape index (κ1) is 20.0. The van der Waals surface area contributed by atoms with E-state index in [0.717, 1.165) is 12.8 Å². The molecule has 1 aromatic heterocycles. The second-order valence-electron chi connectivity index (χ2n) is 6.97. The van der Waals surface area contributed by atoms with Crippen LogP contribution in [0.5, 0.6) is 6.01 Å². The summed E-state index contributed by atoms with van der Waals surface area (Å²) in [5.74, 6) is 0.0965. The van der Waals surface area contributed by atoms with Crippen LogP contribution < -0.4 is 10.1 Å². The fourth-order valence-electron chi connectivity index (χ4n) is 2.96. The Morgan fingerprint density at radius 2 is 1.93 bits per heavy atom. The van der Waals surface area contributed by atoms with Crippen LogP contribution in [0.3, 0.4) is 0 Å². The van der Waals surface area contributed by atoms with E-state index in [9.17, 15) is 9.18 Å². The van der Waals surface area contributed by atoms with E-state index in [-0.39, 0.29) is 17.8 Å². The zero-order valence-corrected chi connectivity index (χ0v) is 16.7. The molecule has 0 aliphatic heterocycles. The minimum absolute atomic E-state index is 0.0422. The summed E-state index contributed by atoms with van der Waals surface area (Å²) in [7, 11) is 0. The summed E-state index contributed by atoms with van der Waals surface area (Å²) in [6, 6.07) is 13.7. The van der Waals surface area contributed by atoms with Gasteiger partial charge >= 0.3 is 6.01 Å². The summed E-state index contributed by atoms with van der Waals surface area (Å²) >= 11 is 0. The Labute approximate surface area is 173 Å². The number of benzene rings is 2. The van der Waals surface area contributed by atoms with E-state index in [1.807, 2.05) is 6.92 Å². The molecule has 0 atom stereocenters. The SMILES string of the molecule is CCOCCOc1nc(-c2ccccc2F)n(-c2ccc(NC(=O)C3CC3)cc2)n1. The molecule has 0 unspecified atom stereocenters. The molecule has 8 heteroatoms. The Morgan fingerprint density at radius 3 is 2.63 bits per heavy atom. The minimum atomic E-state index is -0.402. The smallest absolute Gasteiger partial charge is 0.336 e. The van der Waals surface area contributed by atoms with Gasteiger partial charge in [0.25, 0.3) is 0 Å². The van der Waals surface area contributed by atoms with Crippen LogP contribution >= 0.6 is 0 Å². The van der Waals surface area contributed by atoms with E-state index in [0.29, 0.717) is 42.6 Å². The number of carbonyl (C=O) groups is 1. The molecule has 0 bridgehead atoms. The van der Waals surface area contributed by atoms with Crippen molar-refractivity contribution >= 4 is 11.6 Å². The summed E-state index contributed by atoms with van der Waals surface area (Å²) in [6.45, 7) is 3.20. The first-order chi connectivity index (χ1) is 14.7. The fourth-order valence-corrected chi connectivity index (χ4v) is 2.96. The summed E-state index contributed by atoms with van der Waals surface area (Å²) < 4.78 is 26.8. The highest BCUT2D eigenvalue weighted by Crippen LogP contribution is 2.30. The summed E-state index contributed by atoms with van der Waals surface area (Å²) in [6.07, 6.45) is 1.89. The summed E-state index contributed by atoms with van der Waals surface area (Å²) in [4.78, 5) is 16.3. The van der Waals surface area contributed by atoms with E-state index >= 15 is 0 Å². The molecular weight excluding hydrogens is 387 g/mol. The standard InChI is InChI=1S/C22H23FN4O3/c1-2-29-13-14-30-22-25-20(18-5-3-4-6-19(18)23)27(26-22)17-11-9-16(10-12-17)24-21(28)15-7-8-15/h3-6,9-12,15H,2,7-8,13-14H2,1H3,(H,24,28). The van der Waals surface area contributed by atoms with Gasteiger partial charge in [-0.2, -0.15) is 4.98 Å². The third kappa shape index (κ3) is 4.65. The van der Waals surface area contributed by atoms with Gasteiger partial charge in [0.1, 0.15) is 12.4 Å². The van der Waals surface area contributed by atoms with Crippen molar-refractivity contribution in [2.75, 3.05) is 25.1 Å². The maximum absolute atomic E-state index is 14.4. The average molecular weight is 410 g/mol. The number of nitrogens with zero attached hydrogens (tertiary/aromatic N) is 3. The first-order valence-electron chi connectivity index (χ1n) is 9.99. The number of nitrogens with one attached hydrogen (secondary N) is 1. The Morgan fingerprint density at radius 1 is 1.17 bits per heavy atom. The topological polar surface area (TPSA) is 78.3 Å². The van der Waals surface area contributed by atoms with Crippen molar-refractivity contribution in [3.63, 3.8) is 0 Å². The molecule has 1 aliphatic rings. The van der Waals surface area contributed by atoms with Crippen LogP contribution in [0.1, 0.15) is 19.8 Å². The predicted octanol–water partition coefficient (Wildman–Crippen LogP) is 3.84. The number of rotatable bonds is 9. The Balaban J connectivity index is 1.60. The van der Waals surface area contributed by atoms with Crippen LogP contribution in [0.15, 0.2) is 48.5 Å². The lowest BCUT2D eigenvalue weighted by atomic mass is 10.2. The van der Waals surface area contributed by atoms with Gasteiger partial charge in [0.2, 0.25) is 5.91 Å². The normalized spacial score (nSPS) is 13.3. The van der Waals surface area contributed by atoms with E-state index in [1.165, 1.54) is 10.7 Å². The van der Waals surface area contributed by atoms with Crippen molar-refractivity contribution in [2.24, 2.45) is 5.92 Å². The van der Waals surface area contributed by atoms with E-state index in [1.54, 1.807) is 42.5 Å². The van der Waals surface area contributed by atoms with Crippen LogP contribution in [0.2, 0.25) is 0 Å². The molecule has 30 heavy (non-hydrogen) atoms. The van der Waals surface area contributed by atoms with Crippen LogP contribution in [0.25, 0.3) is 17.1 Å². The van der Waals surface area contributed by atoms with Crippen molar-refractivity contribution in [2.45, 2.75) is 19.8 Å². The number of carbonyl (C=O) groups excluding carboxylic acids is 1. The van der Waals surface area contributed by atoms with Crippen molar-refractivity contribution in [1.29, 1.82) is 0 Å².